The first-order chi connectivity index (χ1) is 9.21. The maximum Gasteiger partial charge on any atom is 0.221 e. The Hall–Kier alpha value is -0.650. The molecule has 1 unspecified atom stereocenters. The van der Waals surface area contributed by atoms with E-state index in [0.717, 1.165) is 52.2 Å². The first kappa shape index (κ1) is 16.4. The van der Waals surface area contributed by atoms with E-state index in [1.807, 2.05) is 6.92 Å². The molecular formula is C14H30N4O. The molecule has 0 saturated carbocycles. The molecule has 0 bridgehead atoms. The molecule has 1 fully saturated rings. The third-order valence-electron chi connectivity index (χ3n) is 3.92. The summed E-state index contributed by atoms with van der Waals surface area (Å²) in [4.78, 5) is 16.4. The Morgan fingerprint density at radius 3 is 2.47 bits per heavy atom. The summed E-state index contributed by atoms with van der Waals surface area (Å²) < 4.78 is 0. The Morgan fingerprint density at radius 2 is 1.95 bits per heavy atom. The monoisotopic (exact) mass is 270 g/mol. The number of carbonyl (C=O) groups is 1. The maximum absolute atomic E-state index is 11.4. The molecule has 112 valence electrons. The summed E-state index contributed by atoms with van der Waals surface area (Å²) in [6.45, 7) is 10.9. The van der Waals surface area contributed by atoms with Gasteiger partial charge in [-0.2, -0.15) is 0 Å². The van der Waals surface area contributed by atoms with Gasteiger partial charge in [0, 0.05) is 51.7 Å². The van der Waals surface area contributed by atoms with Crippen molar-refractivity contribution in [2.75, 3.05) is 45.8 Å². The van der Waals surface area contributed by atoms with Gasteiger partial charge in [-0.15, -0.1) is 0 Å². The summed E-state index contributed by atoms with van der Waals surface area (Å²) in [5, 5.41) is 2.85. The van der Waals surface area contributed by atoms with Gasteiger partial charge in [-0.25, -0.2) is 0 Å². The van der Waals surface area contributed by atoms with Gasteiger partial charge in [-0.05, 0) is 26.3 Å². The smallest absolute Gasteiger partial charge is 0.221 e. The SMILES string of the molecule is CCNC(=O)CCN1CCN(C(CC)CCN)CC1. The Morgan fingerprint density at radius 1 is 1.26 bits per heavy atom. The second kappa shape index (κ2) is 9.28. The standard InChI is InChI=1S/C14H30N4O/c1-3-13(5-7-15)18-11-9-17(10-12-18)8-6-14(19)16-4-2/h13H,3-12,15H2,1-2H3,(H,16,19). The second-order valence-electron chi connectivity index (χ2n) is 5.22. The highest BCUT2D eigenvalue weighted by Gasteiger charge is 2.22. The van der Waals surface area contributed by atoms with Crippen LogP contribution in [0.1, 0.15) is 33.1 Å². The van der Waals surface area contributed by atoms with Gasteiger partial charge in [0.05, 0.1) is 0 Å². The van der Waals surface area contributed by atoms with Crippen LogP contribution in [0.5, 0.6) is 0 Å². The maximum atomic E-state index is 11.4. The minimum Gasteiger partial charge on any atom is -0.356 e. The van der Waals surface area contributed by atoms with Crippen molar-refractivity contribution in [3.8, 4) is 0 Å². The molecule has 5 heteroatoms. The number of rotatable bonds is 8. The summed E-state index contributed by atoms with van der Waals surface area (Å²) in [7, 11) is 0. The van der Waals surface area contributed by atoms with E-state index in [4.69, 9.17) is 5.73 Å². The number of nitrogens with two attached hydrogens (primary N) is 1. The van der Waals surface area contributed by atoms with Gasteiger partial charge in [-0.1, -0.05) is 6.92 Å². The molecule has 1 aliphatic heterocycles. The third-order valence-corrected chi connectivity index (χ3v) is 3.92. The highest BCUT2D eigenvalue weighted by Crippen LogP contribution is 2.12. The fraction of sp³-hybridized carbons (Fsp3) is 0.929. The molecule has 5 nitrogen and oxygen atoms in total. The molecule has 0 radical (unpaired) electrons. The van der Waals surface area contributed by atoms with E-state index in [1.165, 1.54) is 6.42 Å². The molecule has 0 aromatic rings. The van der Waals surface area contributed by atoms with Crippen molar-refractivity contribution in [3.63, 3.8) is 0 Å². The molecule has 1 saturated heterocycles. The van der Waals surface area contributed by atoms with E-state index < -0.39 is 0 Å². The van der Waals surface area contributed by atoms with E-state index in [2.05, 4.69) is 22.0 Å². The van der Waals surface area contributed by atoms with Gasteiger partial charge < -0.3 is 16.0 Å². The molecular weight excluding hydrogens is 240 g/mol. The number of carbonyl (C=O) groups excluding carboxylic acids is 1. The average Bonchev–Trinajstić information content (AvgIpc) is 2.43. The number of piperazine rings is 1. The molecule has 1 atom stereocenters. The highest BCUT2D eigenvalue weighted by atomic mass is 16.1. The quantitative estimate of drug-likeness (QED) is 0.664. The highest BCUT2D eigenvalue weighted by molar-refractivity contribution is 5.75. The Balaban J connectivity index is 2.22. The summed E-state index contributed by atoms with van der Waals surface area (Å²) in [6.07, 6.45) is 2.89. The van der Waals surface area contributed by atoms with Crippen LogP contribution < -0.4 is 11.1 Å². The molecule has 0 spiro atoms. The van der Waals surface area contributed by atoms with Crippen molar-refractivity contribution in [1.29, 1.82) is 0 Å². The lowest BCUT2D eigenvalue weighted by Crippen LogP contribution is -2.51. The van der Waals surface area contributed by atoms with Gasteiger partial charge in [0.2, 0.25) is 5.91 Å². The lowest BCUT2D eigenvalue weighted by molar-refractivity contribution is -0.121. The van der Waals surface area contributed by atoms with E-state index in [9.17, 15) is 4.79 Å². The Kier molecular flexibility index (Phi) is 8.02. The van der Waals surface area contributed by atoms with Gasteiger partial charge in [0.15, 0.2) is 0 Å². The van der Waals surface area contributed by atoms with Crippen LogP contribution in [0.15, 0.2) is 0 Å². The van der Waals surface area contributed by atoms with E-state index in [0.29, 0.717) is 12.5 Å². The lowest BCUT2D eigenvalue weighted by Gasteiger charge is -2.39. The molecule has 1 amide bonds. The zero-order valence-corrected chi connectivity index (χ0v) is 12.5. The first-order valence-corrected chi connectivity index (χ1v) is 7.64. The van der Waals surface area contributed by atoms with Crippen molar-refractivity contribution in [3.05, 3.63) is 0 Å². The van der Waals surface area contributed by atoms with Crippen LogP contribution in [0.4, 0.5) is 0 Å². The minimum absolute atomic E-state index is 0.166. The molecule has 0 aromatic carbocycles. The Labute approximate surface area is 117 Å². The van der Waals surface area contributed by atoms with E-state index in [1.54, 1.807) is 0 Å². The summed E-state index contributed by atoms with van der Waals surface area (Å²) >= 11 is 0. The van der Waals surface area contributed by atoms with Crippen LogP contribution in [0.2, 0.25) is 0 Å². The van der Waals surface area contributed by atoms with Crippen molar-refractivity contribution < 1.29 is 4.79 Å². The van der Waals surface area contributed by atoms with Crippen molar-refractivity contribution in [2.45, 2.75) is 39.2 Å². The molecule has 0 aromatic heterocycles. The topological polar surface area (TPSA) is 61.6 Å². The van der Waals surface area contributed by atoms with Crippen LogP contribution in [0.3, 0.4) is 0 Å². The Bertz CT molecular complexity index is 252. The first-order valence-electron chi connectivity index (χ1n) is 7.64. The van der Waals surface area contributed by atoms with E-state index >= 15 is 0 Å². The molecule has 19 heavy (non-hydrogen) atoms. The number of amides is 1. The number of nitrogens with zero attached hydrogens (tertiary/aromatic N) is 2. The zero-order chi connectivity index (χ0) is 14.1. The number of hydrogen-bond donors (Lipinski definition) is 2. The van der Waals surface area contributed by atoms with Gasteiger partial charge in [0.25, 0.3) is 0 Å². The van der Waals surface area contributed by atoms with Crippen LogP contribution in [0, 0.1) is 0 Å². The van der Waals surface area contributed by atoms with Crippen molar-refractivity contribution >= 4 is 5.91 Å². The minimum atomic E-state index is 0.166. The zero-order valence-electron chi connectivity index (χ0n) is 12.5. The molecule has 1 heterocycles. The molecule has 0 aliphatic carbocycles. The normalized spacial score (nSPS) is 19.3. The molecule has 1 aliphatic rings. The van der Waals surface area contributed by atoms with Gasteiger partial charge in [0.1, 0.15) is 0 Å². The van der Waals surface area contributed by atoms with E-state index in [-0.39, 0.29) is 5.91 Å². The predicted molar refractivity (Wildman–Crippen MR) is 79.1 cm³/mol. The summed E-state index contributed by atoms with van der Waals surface area (Å²) in [5.74, 6) is 0.166. The van der Waals surface area contributed by atoms with Crippen molar-refractivity contribution in [1.82, 2.24) is 15.1 Å². The van der Waals surface area contributed by atoms with Crippen molar-refractivity contribution in [2.24, 2.45) is 5.73 Å². The van der Waals surface area contributed by atoms with Crippen LogP contribution in [-0.2, 0) is 4.79 Å². The fourth-order valence-electron chi connectivity index (χ4n) is 2.73. The van der Waals surface area contributed by atoms with Gasteiger partial charge >= 0.3 is 0 Å². The second-order valence-corrected chi connectivity index (χ2v) is 5.22. The van der Waals surface area contributed by atoms with Crippen LogP contribution in [0.25, 0.3) is 0 Å². The molecule has 3 N–H and O–H groups in total. The average molecular weight is 270 g/mol. The number of nitrogens with one attached hydrogen (secondary N) is 1. The summed E-state index contributed by atoms with van der Waals surface area (Å²) in [6, 6.07) is 0.635. The largest absolute Gasteiger partial charge is 0.356 e. The number of hydrogen-bond acceptors (Lipinski definition) is 4. The molecule has 1 rings (SSSR count). The van der Waals surface area contributed by atoms with Gasteiger partial charge in [-0.3, -0.25) is 9.69 Å². The van der Waals surface area contributed by atoms with Crippen LogP contribution >= 0.6 is 0 Å². The predicted octanol–water partition coefficient (Wildman–Crippen LogP) is 0.258. The summed E-state index contributed by atoms with van der Waals surface area (Å²) in [5.41, 5.74) is 5.67. The third kappa shape index (κ3) is 5.89. The lowest BCUT2D eigenvalue weighted by atomic mass is 10.1. The fourth-order valence-corrected chi connectivity index (χ4v) is 2.73. The van der Waals surface area contributed by atoms with Crippen LogP contribution in [-0.4, -0.2) is 67.6 Å².